The van der Waals surface area contributed by atoms with E-state index in [1.54, 1.807) is 18.2 Å². The molecule has 1 atom stereocenters. The predicted molar refractivity (Wildman–Crippen MR) is 87.5 cm³/mol. The molecule has 0 radical (unpaired) electrons. The van der Waals surface area contributed by atoms with Gasteiger partial charge in [-0.3, -0.25) is 0 Å². The second kappa shape index (κ2) is 6.58. The van der Waals surface area contributed by atoms with E-state index in [1.807, 2.05) is 20.9 Å². The topological polar surface area (TPSA) is 21.3 Å². The van der Waals surface area contributed by atoms with Crippen molar-refractivity contribution in [1.29, 1.82) is 0 Å². The van der Waals surface area contributed by atoms with Crippen LogP contribution in [0.3, 0.4) is 0 Å². The zero-order valence-corrected chi connectivity index (χ0v) is 14.2. The van der Waals surface area contributed by atoms with Gasteiger partial charge in [-0.2, -0.15) is 0 Å². The molecule has 0 spiro atoms. The minimum absolute atomic E-state index is 0.217. The van der Waals surface area contributed by atoms with Gasteiger partial charge in [-0.25, -0.2) is 4.39 Å². The van der Waals surface area contributed by atoms with E-state index in [-0.39, 0.29) is 17.6 Å². The van der Waals surface area contributed by atoms with Gasteiger partial charge in [0.2, 0.25) is 0 Å². The Morgan fingerprint density at radius 3 is 2.33 bits per heavy atom. The Morgan fingerprint density at radius 1 is 1.19 bits per heavy atom. The minimum atomic E-state index is -0.322. The van der Waals surface area contributed by atoms with E-state index in [9.17, 15) is 4.39 Å². The Labute approximate surface area is 133 Å². The number of ether oxygens (including phenoxy) is 1. The monoisotopic (exact) mass is 351 g/mol. The van der Waals surface area contributed by atoms with Crippen LogP contribution in [0.1, 0.15) is 28.3 Å². The van der Waals surface area contributed by atoms with Crippen molar-refractivity contribution in [2.45, 2.75) is 19.9 Å². The molecular formula is C17H19BrFNO. The molecule has 0 aliphatic rings. The molecule has 0 fully saturated rings. The molecule has 2 aromatic rings. The Hall–Kier alpha value is -1.39. The molecule has 2 rings (SSSR count). The fourth-order valence-corrected chi connectivity index (χ4v) is 2.79. The second-order valence-corrected chi connectivity index (χ2v) is 5.85. The van der Waals surface area contributed by atoms with E-state index >= 15 is 0 Å². The van der Waals surface area contributed by atoms with Crippen molar-refractivity contribution in [1.82, 2.24) is 5.32 Å². The van der Waals surface area contributed by atoms with Crippen LogP contribution in [0, 0.1) is 19.7 Å². The van der Waals surface area contributed by atoms with Crippen LogP contribution >= 0.6 is 15.9 Å². The van der Waals surface area contributed by atoms with E-state index in [0.29, 0.717) is 5.56 Å². The quantitative estimate of drug-likeness (QED) is 0.873. The van der Waals surface area contributed by atoms with Crippen LogP contribution in [-0.4, -0.2) is 14.2 Å². The lowest BCUT2D eigenvalue weighted by Crippen LogP contribution is -2.19. The van der Waals surface area contributed by atoms with E-state index < -0.39 is 0 Å². The van der Waals surface area contributed by atoms with Crippen molar-refractivity contribution in [3.63, 3.8) is 0 Å². The van der Waals surface area contributed by atoms with Crippen LogP contribution in [0.15, 0.2) is 34.8 Å². The van der Waals surface area contributed by atoms with Gasteiger partial charge in [-0.1, -0.05) is 40.2 Å². The van der Waals surface area contributed by atoms with Gasteiger partial charge in [-0.15, -0.1) is 0 Å². The zero-order valence-electron chi connectivity index (χ0n) is 12.6. The van der Waals surface area contributed by atoms with Crippen LogP contribution < -0.4 is 10.1 Å². The first-order valence-electron chi connectivity index (χ1n) is 6.76. The Bertz CT molecular complexity index is 634. The van der Waals surface area contributed by atoms with Gasteiger partial charge in [0.1, 0.15) is 0 Å². The number of nitrogens with one attached hydrogen (secondary N) is 1. The number of halogens is 2. The molecule has 21 heavy (non-hydrogen) atoms. The molecule has 1 N–H and O–H groups in total. The molecule has 0 aliphatic heterocycles. The van der Waals surface area contributed by atoms with Crippen molar-refractivity contribution in [2.75, 3.05) is 14.2 Å². The highest BCUT2D eigenvalue weighted by Gasteiger charge is 2.19. The first kappa shape index (κ1) is 16.0. The Kier molecular flexibility index (Phi) is 5.01. The van der Waals surface area contributed by atoms with Crippen molar-refractivity contribution >= 4 is 15.9 Å². The number of methoxy groups -OCH3 is 1. The fraction of sp³-hybridized carbons (Fsp3) is 0.294. The maximum absolute atomic E-state index is 14.5. The molecule has 0 aliphatic carbocycles. The van der Waals surface area contributed by atoms with Crippen LogP contribution in [0.2, 0.25) is 0 Å². The largest absolute Gasteiger partial charge is 0.494 e. The lowest BCUT2D eigenvalue weighted by Gasteiger charge is -2.20. The summed E-state index contributed by atoms with van der Waals surface area (Å²) < 4.78 is 20.7. The summed E-state index contributed by atoms with van der Waals surface area (Å²) in [5.41, 5.74) is 3.88. The summed E-state index contributed by atoms with van der Waals surface area (Å²) in [6.07, 6.45) is 0. The highest BCUT2D eigenvalue weighted by atomic mass is 79.9. The van der Waals surface area contributed by atoms with Crippen LogP contribution in [0.25, 0.3) is 0 Å². The molecule has 1 unspecified atom stereocenters. The van der Waals surface area contributed by atoms with Gasteiger partial charge in [0.25, 0.3) is 0 Å². The molecule has 0 aromatic heterocycles. The van der Waals surface area contributed by atoms with Crippen molar-refractivity contribution in [3.05, 3.63) is 62.9 Å². The number of benzene rings is 2. The van der Waals surface area contributed by atoms with Gasteiger partial charge in [0.05, 0.1) is 13.2 Å². The van der Waals surface area contributed by atoms with E-state index in [2.05, 4.69) is 33.4 Å². The zero-order chi connectivity index (χ0) is 15.6. The van der Waals surface area contributed by atoms with Gasteiger partial charge < -0.3 is 10.1 Å². The summed E-state index contributed by atoms with van der Waals surface area (Å²) in [7, 11) is 3.31. The number of hydrogen-bond donors (Lipinski definition) is 1. The first-order chi connectivity index (χ1) is 9.99. The second-order valence-electron chi connectivity index (χ2n) is 5.05. The SMILES string of the molecule is CNC(c1cc(C)c(Br)c(C)c1)c1cccc(OC)c1F. The summed E-state index contributed by atoms with van der Waals surface area (Å²) in [5, 5.41) is 3.19. The lowest BCUT2D eigenvalue weighted by atomic mass is 9.95. The molecular weight excluding hydrogens is 333 g/mol. The molecule has 0 heterocycles. The normalized spacial score (nSPS) is 12.3. The maximum Gasteiger partial charge on any atom is 0.170 e. The molecule has 112 valence electrons. The molecule has 4 heteroatoms. The summed E-state index contributed by atoms with van der Waals surface area (Å²) in [5.74, 6) is -0.0594. The van der Waals surface area contributed by atoms with Gasteiger partial charge in [0.15, 0.2) is 11.6 Å². The van der Waals surface area contributed by atoms with Gasteiger partial charge in [-0.05, 0) is 43.7 Å². The molecule has 0 saturated carbocycles. The maximum atomic E-state index is 14.5. The number of aryl methyl sites for hydroxylation is 2. The number of rotatable bonds is 4. The molecule has 0 amide bonds. The highest BCUT2D eigenvalue weighted by Crippen LogP contribution is 2.32. The Morgan fingerprint density at radius 2 is 1.81 bits per heavy atom. The average molecular weight is 352 g/mol. The summed E-state index contributed by atoms with van der Waals surface area (Å²) in [4.78, 5) is 0. The third-order valence-electron chi connectivity index (χ3n) is 3.60. The average Bonchev–Trinajstić information content (AvgIpc) is 2.47. The highest BCUT2D eigenvalue weighted by molar-refractivity contribution is 9.10. The van der Waals surface area contributed by atoms with E-state index in [4.69, 9.17) is 4.74 Å². The van der Waals surface area contributed by atoms with Crippen LogP contribution in [0.5, 0.6) is 5.75 Å². The molecule has 2 nitrogen and oxygen atoms in total. The van der Waals surface area contributed by atoms with Gasteiger partial charge in [0, 0.05) is 10.0 Å². The summed E-state index contributed by atoms with van der Waals surface area (Å²) in [6.45, 7) is 4.07. The lowest BCUT2D eigenvalue weighted by molar-refractivity contribution is 0.382. The minimum Gasteiger partial charge on any atom is -0.494 e. The number of hydrogen-bond acceptors (Lipinski definition) is 2. The molecule has 2 aromatic carbocycles. The van der Waals surface area contributed by atoms with Crippen LogP contribution in [0.4, 0.5) is 4.39 Å². The summed E-state index contributed by atoms with van der Waals surface area (Å²) >= 11 is 3.56. The standard InChI is InChI=1S/C17H19BrFNO/c1-10-8-12(9-11(2)15(10)18)17(20-3)13-6-5-7-14(21-4)16(13)19/h5-9,17,20H,1-4H3. The van der Waals surface area contributed by atoms with E-state index in [0.717, 1.165) is 21.2 Å². The van der Waals surface area contributed by atoms with Crippen LogP contribution in [-0.2, 0) is 0 Å². The fourth-order valence-electron chi connectivity index (χ4n) is 2.56. The summed E-state index contributed by atoms with van der Waals surface area (Å²) in [6, 6.07) is 9.13. The smallest absolute Gasteiger partial charge is 0.170 e. The Balaban J connectivity index is 2.55. The predicted octanol–water partition coefficient (Wildman–Crippen LogP) is 4.52. The van der Waals surface area contributed by atoms with Crippen molar-refractivity contribution in [2.24, 2.45) is 0 Å². The van der Waals surface area contributed by atoms with Crippen molar-refractivity contribution in [3.8, 4) is 5.75 Å². The third-order valence-corrected chi connectivity index (χ3v) is 4.86. The van der Waals surface area contributed by atoms with E-state index in [1.165, 1.54) is 7.11 Å². The van der Waals surface area contributed by atoms with Crippen molar-refractivity contribution < 1.29 is 9.13 Å². The molecule has 0 bridgehead atoms. The van der Waals surface area contributed by atoms with Gasteiger partial charge >= 0.3 is 0 Å². The molecule has 0 saturated heterocycles. The first-order valence-corrected chi connectivity index (χ1v) is 7.55. The third kappa shape index (κ3) is 3.11.